The van der Waals surface area contributed by atoms with Gasteiger partial charge in [-0.2, -0.15) is 12.6 Å². The fourth-order valence-corrected chi connectivity index (χ4v) is 2.68. The summed E-state index contributed by atoms with van der Waals surface area (Å²) in [5, 5.41) is 11.0. The van der Waals surface area contributed by atoms with Crippen LogP contribution in [0.25, 0.3) is 10.8 Å². The number of thiol groups is 1. The van der Waals surface area contributed by atoms with Crippen LogP contribution < -0.4 is 28.7 Å². The van der Waals surface area contributed by atoms with Crippen LogP contribution in [0.3, 0.4) is 0 Å². The Bertz CT molecular complexity index is 686. The van der Waals surface area contributed by atoms with Gasteiger partial charge in [0.05, 0.1) is 40.7 Å². The summed E-state index contributed by atoms with van der Waals surface area (Å²) in [6, 6.07) is 11.4. The monoisotopic (exact) mass is 477 g/mol. The summed E-state index contributed by atoms with van der Waals surface area (Å²) in [7, 11) is 8.12. The maximum absolute atomic E-state index is 10.9. The first-order chi connectivity index (χ1) is 11.2. The maximum atomic E-state index is 10.9. The molecule has 0 unspecified atom stereocenters. The van der Waals surface area contributed by atoms with Crippen LogP contribution in [-0.2, 0) is 4.79 Å². The lowest BCUT2D eigenvalue weighted by molar-refractivity contribution is -0.867. The van der Waals surface area contributed by atoms with Gasteiger partial charge in [0.1, 0.15) is 5.75 Å². The number of carboxylic acid groups (broad SMARTS) is 1. The molecule has 4 nitrogen and oxygen atoms in total. The topological polar surface area (TPSA) is 46.5 Å². The number of aliphatic carboxylic acids is 1. The molecule has 0 amide bonds. The third-order valence-electron chi connectivity index (χ3n) is 3.71. The molecular weight excluding hydrogens is 449 g/mol. The van der Waals surface area contributed by atoms with Gasteiger partial charge in [-0.05, 0) is 35.4 Å². The molecule has 0 aliphatic carbocycles. The van der Waals surface area contributed by atoms with Crippen molar-refractivity contribution in [1.82, 2.24) is 0 Å². The number of nitrogens with zero attached hydrogens (tertiary/aromatic N) is 1. The van der Waals surface area contributed by atoms with Crippen molar-refractivity contribution in [2.75, 3.05) is 40.6 Å². The molecule has 6 heteroatoms. The van der Waals surface area contributed by atoms with Crippen molar-refractivity contribution in [1.29, 1.82) is 0 Å². The van der Waals surface area contributed by atoms with Gasteiger partial charge in [0.25, 0.3) is 0 Å². The zero-order valence-corrected chi connectivity index (χ0v) is 18.5. The summed E-state index contributed by atoms with van der Waals surface area (Å²) in [6.45, 7) is 2.83. The zero-order valence-electron chi connectivity index (χ0n) is 15.5. The Morgan fingerprint density at radius 2 is 1.72 bits per heavy atom. The highest BCUT2D eigenvalue weighted by atomic mass is 127. The van der Waals surface area contributed by atoms with E-state index >= 15 is 0 Å². The van der Waals surface area contributed by atoms with Crippen LogP contribution in [0.1, 0.15) is 18.4 Å². The van der Waals surface area contributed by atoms with Crippen LogP contribution in [0.4, 0.5) is 0 Å². The van der Waals surface area contributed by atoms with E-state index in [0.29, 0.717) is 0 Å². The second-order valence-corrected chi connectivity index (χ2v) is 7.22. The predicted octanol–water partition coefficient (Wildman–Crippen LogP) is 0.663. The molecule has 1 N–H and O–H groups in total. The number of hydrogen-bond donors (Lipinski definition) is 2. The first-order valence-corrected chi connectivity index (χ1v) is 8.53. The SMILES string of the molecule is COc1ccc2cc([C@H](C)C(=O)O)ccc2c1.C[N+](C)(C)CCS.[I-]. The lowest BCUT2D eigenvalue weighted by atomic mass is 9.98. The molecule has 0 bridgehead atoms. The molecule has 0 fully saturated rings. The molecule has 0 heterocycles. The van der Waals surface area contributed by atoms with E-state index in [1.54, 1.807) is 14.0 Å². The van der Waals surface area contributed by atoms with Gasteiger partial charge in [0.2, 0.25) is 0 Å². The minimum atomic E-state index is -0.808. The van der Waals surface area contributed by atoms with E-state index in [0.717, 1.165) is 38.9 Å². The fourth-order valence-electron chi connectivity index (χ4n) is 2.08. The molecule has 25 heavy (non-hydrogen) atoms. The fraction of sp³-hybridized carbons (Fsp3) is 0.421. The molecule has 2 aromatic carbocycles. The highest BCUT2D eigenvalue weighted by molar-refractivity contribution is 7.80. The van der Waals surface area contributed by atoms with Crippen LogP contribution >= 0.6 is 12.6 Å². The number of ether oxygens (including phenoxy) is 1. The lowest BCUT2D eigenvalue weighted by Gasteiger charge is -2.22. The zero-order chi connectivity index (χ0) is 18.3. The van der Waals surface area contributed by atoms with Crippen molar-refractivity contribution in [3.8, 4) is 5.75 Å². The summed E-state index contributed by atoms with van der Waals surface area (Å²) < 4.78 is 6.16. The largest absolute Gasteiger partial charge is 1.00 e. The Labute approximate surface area is 173 Å². The standard InChI is InChI=1S/C14H14O3.C5H13NS.HI/c1-9(14(15)16)10-3-4-12-8-13(17-2)6-5-11(12)7-10;1-6(2,3)4-5-7;/h3-9H,1-2H3,(H,15,16);4-5H2,1-3H3;1H/t9-;;/m0../s1. The van der Waals surface area contributed by atoms with Crippen LogP contribution in [0.2, 0.25) is 0 Å². The van der Waals surface area contributed by atoms with Crippen LogP contribution in [0, 0.1) is 0 Å². The van der Waals surface area contributed by atoms with Crippen LogP contribution in [-0.4, -0.2) is 56.1 Å². The van der Waals surface area contributed by atoms with Gasteiger partial charge in [0.15, 0.2) is 0 Å². The van der Waals surface area contributed by atoms with E-state index in [1.165, 1.54) is 0 Å². The normalized spacial score (nSPS) is 11.8. The molecule has 2 aromatic rings. The molecule has 0 spiro atoms. The van der Waals surface area contributed by atoms with E-state index in [-0.39, 0.29) is 24.0 Å². The van der Waals surface area contributed by atoms with Crippen LogP contribution in [0.15, 0.2) is 36.4 Å². The summed E-state index contributed by atoms with van der Waals surface area (Å²) in [5.74, 6) is 0.486. The van der Waals surface area contributed by atoms with E-state index in [9.17, 15) is 4.79 Å². The van der Waals surface area contributed by atoms with Gasteiger partial charge in [-0.15, -0.1) is 0 Å². The number of carbonyl (C=O) groups is 1. The molecule has 0 radical (unpaired) electrons. The Balaban J connectivity index is 0.000000620. The first kappa shape index (κ1) is 24.0. The second kappa shape index (κ2) is 10.9. The minimum absolute atomic E-state index is 0. The molecular formula is C19H28INO3S. The van der Waals surface area contributed by atoms with E-state index in [2.05, 4.69) is 33.8 Å². The summed E-state index contributed by atoms with van der Waals surface area (Å²) in [4.78, 5) is 10.9. The Kier molecular flexibility index (Phi) is 10.4. The third-order valence-corrected chi connectivity index (χ3v) is 3.91. The Hall–Kier alpha value is -0.990. The van der Waals surface area contributed by atoms with Crippen molar-refractivity contribution in [3.63, 3.8) is 0 Å². The number of hydrogen-bond acceptors (Lipinski definition) is 3. The predicted molar refractivity (Wildman–Crippen MR) is 103 cm³/mol. The van der Waals surface area contributed by atoms with Crippen molar-refractivity contribution >= 4 is 29.4 Å². The van der Waals surface area contributed by atoms with Crippen LogP contribution in [0.5, 0.6) is 5.75 Å². The first-order valence-electron chi connectivity index (χ1n) is 7.89. The smallest absolute Gasteiger partial charge is 0.310 e. The number of rotatable bonds is 5. The van der Waals surface area contributed by atoms with Crippen molar-refractivity contribution in [2.45, 2.75) is 12.8 Å². The number of methoxy groups -OCH3 is 1. The summed E-state index contributed by atoms with van der Waals surface area (Å²) in [5.41, 5.74) is 0.815. The average molecular weight is 477 g/mol. The average Bonchev–Trinajstić information content (AvgIpc) is 2.52. The molecule has 0 saturated carbocycles. The molecule has 0 saturated heterocycles. The van der Waals surface area contributed by atoms with Gasteiger partial charge in [-0.3, -0.25) is 4.79 Å². The molecule has 140 valence electrons. The second-order valence-electron chi connectivity index (χ2n) is 6.77. The summed E-state index contributed by atoms with van der Waals surface area (Å²) in [6.07, 6.45) is 0. The lowest BCUT2D eigenvalue weighted by Crippen LogP contribution is -3.00. The minimum Gasteiger partial charge on any atom is -1.00 e. The molecule has 1 atom stereocenters. The van der Waals surface area contributed by atoms with Gasteiger partial charge >= 0.3 is 5.97 Å². The molecule has 0 aliphatic heterocycles. The molecule has 0 aromatic heterocycles. The number of fused-ring (bicyclic) bond motifs is 1. The molecule has 2 rings (SSSR count). The maximum Gasteiger partial charge on any atom is 0.310 e. The highest BCUT2D eigenvalue weighted by Crippen LogP contribution is 2.25. The molecule has 0 aliphatic rings. The van der Waals surface area contributed by atoms with E-state index in [1.807, 2.05) is 36.4 Å². The van der Waals surface area contributed by atoms with Gasteiger partial charge in [0, 0.05) is 5.75 Å². The van der Waals surface area contributed by atoms with Gasteiger partial charge < -0.3 is 38.3 Å². The Morgan fingerprint density at radius 3 is 2.16 bits per heavy atom. The summed E-state index contributed by atoms with van der Waals surface area (Å²) >= 11 is 4.10. The van der Waals surface area contributed by atoms with E-state index < -0.39 is 11.9 Å². The van der Waals surface area contributed by atoms with Crippen molar-refractivity contribution < 1.29 is 43.1 Å². The number of halogens is 1. The van der Waals surface area contributed by atoms with Gasteiger partial charge in [-0.25, -0.2) is 0 Å². The van der Waals surface area contributed by atoms with Crippen molar-refractivity contribution in [2.24, 2.45) is 0 Å². The quantitative estimate of drug-likeness (QED) is 0.378. The van der Waals surface area contributed by atoms with Crippen molar-refractivity contribution in [3.05, 3.63) is 42.0 Å². The van der Waals surface area contributed by atoms with Gasteiger partial charge in [-0.1, -0.05) is 24.3 Å². The van der Waals surface area contributed by atoms with E-state index in [4.69, 9.17) is 9.84 Å². The number of benzene rings is 2. The highest BCUT2D eigenvalue weighted by Gasteiger charge is 2.13. The Morgan fingerprint density at radius 1 is 1.16 bits per heavy atom. The third kappa shape index (κ3) is 8.29. The number of carboxylic acids is 1. The number of quaternary nitrogens is 1.